The summed E-state index contributed by atoms with van der Waals surface area (Å²) >= 11 is 0. The van der Waals surface area contributed by atoms with Crippen molar-refractivity contribution in [2.24, 2.45) is 0 Å². The molecule has 0 saturated carbocycles. The normalized spacial score (nSPS) is 14.5. The number of sulfone groups is 1. The Kier molecular flexibility index (Phi) is 3.99. The Hall–Kier alpha value is -1.51. The van der Waals surface area contributed by atoms with E-state index in [1.54, 1.807) is 0 Å². The third-order valence-electron chi connectivity index (χ3n) is 1.97. The van der Waals surface area contributed by atoms with Crippen LogP contribution in [0.25, 0.3) is 6.08 Å². The van der Waals surface area contributed by atoms with Crippen LogP contribution in [-0.4, -0.2) is 20.1 Å². The molecule has 9 heteroatoms. The lowest BCUT2D eigenvalue weighted by Gasteiger charge is -2.14. The summed E-state index contributed by atoms with van der Waals surface area (Å²) in [5, 5.41) is 0. The third-order valence-corrected chi connectivity index (χ3v) is 3.51. The van der Waals surface area contributed by atoms with Crippen LogP contribution in [0.4, 0.5) is 26.3 Å². The summed E-state index contributed by atoms with van der Waals surface area (Å²) in [4.78, 5) is -2.64. The van der Waals surface area contributed by atoms with Crippen molar-refractivity contribution < 1.29 is 34.8 Å². The lowest BCUT2D eigenvalue weighted by Crippen LogP contribution is -2.31. The molecule has 0 aliphatic rings. The Morgan fingerprint density at radius 3 is 1.79 bits per heavy atom. The minimum atomic E-state index is -6.46. The first-order chi connectivity index (χ1) is 8.46. The van der Waals surface area contributed by atoms with E-state index in [1.165, 1.54) is 18.2 Å². The zero-order valence-electron chi connectivity index (χ0n) is 8.96. The molecule has 1 aromatic carbocycles. The smallest absolute Gasteiger partial charge is 0.214 e. The highest BCUT2D eigenvalue weighted by atomic mass is 32.2. The van der Waals surface area contributed by atoms with Crippen molar-refractivity contribution in [1.82, 2.24) is 0 Å². The quantitative estimate of drug-likeness (QED) is 0.783. The zero-order valence-corrected chi connectivity index (χ0v) is 9.77. The van der Waals surface area contributed by atoms with Gasteiger partial charge in [0.2, 0.25) is 0 Å². The van der Waals surface area contributed by atoms with E-state index < -0.39 is 26.4 Å². The van der Waals surface area contributed by atoms with Gasteiger partial charge in [0.25, 0.3) is 9.84 Å². The first-order valence-corrected chi connectivity index (χ1v) is 6.10. The number of allylic oxidation sites excluding steroid dienone is 1. The fourth-order valence-electron chi connectivity index (χ4n) is 1.14. The molecule has 0 fully saturated rings. The van der Waals surface area contributed by atoms with Gasteiger partial charge in [-0.1, -0.05) is 30.3 Å². The first kappa shape index (κ1) is 15.5. The molecule has 2 nitrogen and oxygen atoms in total. The van der Waals surface area contributed by atoms with Crippen LogP contribution in [0.15, 0.2) is 35.2 Å². The van der Waals surface area contributed by atoms with Gasteiger partial charge in [-0.05, 0) is 11.6 Å². The van der Waals surface area contributed by atoms with Crippen molar-refractivity contribution in [3.05, 3.63) is 40.8 Å². The number of benzene rings is 1. The van der Waals surface area contributed by atoms with Crippen LogP contribution in [0.1, 0.15) is 5.56 Å². The van der Waals surface area contributed by atoms with E-state index in [1.807, 2.05) is 0 Å². The largest absolute Gasteiger partial charge is 0.501 e. The maximum Gasteiger partial charge on any atom is 0.501 e. The second-order valence-electron chi connectivity index (χ2n) is 3.37. The number of rotatable bonds is 2. The van der Waals surface area contributed by atoms with Crippen molar-refractivity contribution in [1.29, 1.82) is 0 Å². The average molecular weight is 304 g/mol. The SMILES string of the molecule is O=S(=O)(/C(=C\c1ccccc1)C(F)(F)F)C(F)(F)F. The summed E-state index contributed by atoms with van der Waals surface area (Å²) in [5.74, 6) is 0. The molecule has 0 radical (unpaired) electrons. The highest BCUT2D eigenvalue weighted by Gasteiger charge is 2.56. The van der Waals surface area contributed by atoms with Gasteiger partial charge in [-0.25, -0.2) is 8.42 Å². The Morgan fingerprint density at radius 2 is 1.42 bits per heavy atom. The molecule has 0 aliphatic carbocycles. The van der Waals surface area contributed by atoms with Gasteiger partial charge in [0, 0.05) is 0 Å². The molecule has 0 atom stereocenters. The molecule has 0 amide bonds. The van der Waals surface area contributed by atoms with E-state index >= 15 is 0 Å². The molecule has 0 N–H and O–H groups in total. The zero-order chi connectivity index (χ0) is 14.9. The van der Waals surface area contributed by atoms with E-state index in [0.29, 0.717) is 0 Å². The first-order valence-electron chi connectivity index (χ1n) is 4.61. The minimum absolute atomic E-state index is 0.0528. The number of alkyl halides is 6. The van der Waals surface area contributed by atoms with Gasteiger partial charge in [-0.15, -0.1) is 0 Å². The third kappa shape index (κ3) is 3.49. The second kappa shape index (κ2) is 4.87. The van der Waals surface area contributed by atoms with Gasteiger partial charge in [0.15, 0.2) is 4.91 Å². The van der Waals surface area contributed by atoms with Crippen LogP contribution in [0.3, 0.4) is 0 Å². The van der Waals surface area contributed by atoms with Crippen molar-refractivity contribution in [3.8, 4) is 0 Å². The monoisotopic (exact) mass is 304 g/mol. The second-order valence-corrected chi connectivity index (χ2v) is 5.28. The Bertz CT molecular complexity index is 568. The lowest BCUT2D eigenvalue weighted by atomic mass is 10.2. The highest BCUT2D eigenvalue weighted by molar-refractivity contribution is 7.96. The maximum atomic E-state index is 12.5. The molecule has 1 rings (SSSR count). The minimum Gasteiger partial charge on any atom is -0.214 e. The van der Waals surface area contributed by atoms with Crippen LogP contribution in [-0.2, 0) is 9.84 Å². The molecule has 1 aromatic rings. The average Bonchev–Trinajstić information content (AvgIpc) is 2.24. The molecule has 0 bridgehead atoms. The van der Waals surface area contributed by atoms with E-state index in [4.69, 9.17) is 0 Å². The standard InChI is InChI=1S/C10H6F6O2S/c11-9(12,13)8(19(17,18)10(14,15)16)6-7-4-2-1-3-5-7/h1-6H/b8-6-. The fraction of sp³-hybridized carbons (Fsp3) is 0.200. The summed E-state index contributed by atoms with van der Waals surface area (Å²) < 4.78 is 95.8. The van der Waals surface area contributed by atoms with Gasteiger partial charge in [0.05, 0.1) is 0 Å². The number of hydrogen-bond acceptors (Lipinski definition) is 2. The van der Waals surface area contributed by atoms with E-state index in [0.717, 1.165) is 12.1 Å². The molecular formula is C10H6F6O2S. The molecule has 0 heterocycles. The maximum absolute atomic E-state index is 12.5. The van der Waals surface area contributed by atoms with Crippen molar-refractivity contribution in [3.63, 3.8) is 0 Å². The van der Waals surface area contributed by atoms with E-state index in [-0.39, 0.29) is 11.6 Å². The molecule has 0 aliphatic heterocycles. The van der Waals surface area contributed by atoms with Crippen molar-refractivity contribution in [2.45, 2.75) is 11.7 Å². The highest BCUT2D eigenvalue weighted by Crippen LogP contribution is 2.39. The van der Waals surface area contributed by atoms with Crippen LogP contribution >= 0.6 is 0 Å². The number of halogens is 6. The van der Waals surface area contributed by atoms with Crippen LogP contribution in [0.2, 0.25) is 0 Å². The Labute approximate surface area is 104 Å². The van der Waals surface area contributed by atoms with Gasteiger partial charge in [0.1, 0.15) is 0 Å². The topological polar surface area (TPSA) is 34.1 Å². The summed E-state index contributed by atoms with van der Waals surface area (Å²) in [7, 11) is -6.46. The molecule has 0 unspecified atom stereocenters. The van der Waals surface area contributed by atoms with Crippen LogP contribution in [0.5, 0.6) is 0 Å². The van der Waals surface area contributed by atoms with Crippen molar-refractivity contribution in [2.75, 3.05) is 0 Å². The summed E-state index contributed by atoms with van der Waals surface area (Å²) in [6.45, 7) is 0. The Morgan fingerprint density at radius 1 is 0.947 bits per heavy atom. The molecule has 0 spiro atoms. The van der Waals surface area contributed by atoms with Gasteiger partial charge >= 0.3 is 11.7 Å². The molecule has 0 saturated heterocycles. The summed E-state index contributed by atoms with van der Waals surface area (Å²) in [5.41, 5.74) is -6.31. The number of hydrogen-bond donors (Lipinski definition) is 0. The van der Waals surface area contributed by atoms with E-state index in [2.05, 4.69) is 0 Å². The predicted molar refractivity (Wildman–Crippen MR) is 55.4 cm³/mol. The molecule has 19 heavy (non-hydrogen) atoms. The van der Waals surface area contributed by atoms with Gasteiger partial charge in [-0.2, -0.15) is 26.3 Å². The Balaban J connectivity index is 3.47. The molecule has 106 valence electrons. The van der Waals surface area contributed by atoms with E-state index in [9.17, 15) is 34.8 Å². The lowest BCUT2D eigenvalue weighted by molar-refractivity contribution is -0.0885. The molecular weight excluding hydrogens is 298 g/mol. The van der Waals surface area contributed by atoms with Crippen LogP contribution < -0.4 is 0 Å². The van der Waals surface area contributed by atoms with Gasteiger partial charge < -0.3 is 0 Å². The van der Waals surface area contributed by atoms with Crippen LogP contribution in [0, 0.1) is 0 Å². The predicted octanol–water partition coefficient (Wildman–Crippen LogP) is 3.52. The molecule has 0 aromatic heterocycles. The summed E-state index contributed by atoms with van der Waals surface area (Å²) in [6.07, 6.45) is -5.69. The summed E-state index contributed by atoms with van der Waals surface area (Å²) in [6, 6.07) is 6.05. The fourth-order valence-corrected chi connectivity index (χ4v) is 1.98. The van der Waals surface area contributed by atoms with Crippen molar-refractivity contribution >= 4 is 15.9 Å². The van der Waals surface area contributed by atoms with Gasteiger partial charge in [-0.3, -0.25) is 0 Å².